The predicted octanol–water partition coefficient (Wildman–Crippen LogP) is 3.77. The number of hydrogen-bond acceptors (Lipinski definition) is 3. The lowest BCUT2D eigenvalue weighted by atomic mass is 10.2. The van der Waals surface area contributed by atoms with Gasteiger partial charge in [-0.3, -0.25) is 0 Å². The van der Waals surface area contributed by atoms with Gasteiger partial charge in [0, 0.05) is 26.5 Å². The average molecular weight is 289 g/mol. The van der Waals surface area contributed by atoms with Crippen molar-refractivity contribution >= 4 is 27.5 Å². The van der Waals surface area contributed by atoms with E-state index in [0.29, 0.717) is 21.5 Å². The number of benzene rings is 1. The fourth-order valence-corrected chi connectivity index (χ4v) is 1.66. The molecule has 2 aromatic rings. The summed E-state index contributed by atoms with van der Waals surface area (Å²) in [6.07, 6.45) is 0. The second-order valence-electron chi connectivity index (χ2n) is 2.81. The zero-order valence-corrected chi connectivity index (χ0v) is 10.2. The number of rotatable bonds is 2. The van der Waals surface area contributed by atoms with Gasteiger partial charge in [-0.25, -0.2) is 0 Å². The first-order valence-corrected chi connectivity index (χ1v) is 5.34. The highest BCUT2D eigenvalue weighted by atomic mass is 79.9. The van der Waals surface area contributed by atoms with Gasteiger partial charge in [-0.2, -0.15) is 4.98 Å². The van der Waals surface area contributed by atoms with E-state index in [4.69, 9.17) is 20.8 Å². The van der Waals surface area contributed by atoms with Gasteiger partial charge in [0.1, 0.15) is 0 Å². The summed E-state index contributed by atoms with van der Waals surface area (Å²) in [5, 5.41) is 0.681. The highest BCUT2D eigenvalue weighted by Crippen LogP contribution is 2.32. The summed E-state index contributed by atoms with van der Waals surface area (Å²) in [7, 11) is 1.53. The van der Waals surface area contributed by atoms with E-state index in [2.05, 4.69) is 20.9 Å². The number of ether oxygens (including phenoxy) is 1. The quantitative estimate of drug-likeness (QED) is 0.844. The molecule has 0 amide bonds. The van der Waals surface area contributed by atoms with Crippen LogP contribution in [0.1, 0.15) is 0 Å². The van der Waals surface area contributed by atoms with Crippen molar-refractivity contribution in [3.63, 3.8) is 0 Å². The molecule has 0 spiro atoms. The van der Waals surface area contributed by atoms with Gasteiger partial charge in [-0.15, -0.1) is 0 Å². The number of methoxy groups -OCH3 is 1. The van der Waals surface area contributed by atoms with Crippen LogP contribution >= 0.6 is 27.5 Å². The molecule has 0 atom stereocenters. The highest BCUT2D eigenvalue weighted by molar-refractivity contribution is 9.10. The topological polar surface area (TPSA) is 35.3 Å². The summed E-state index contributed by atoms with van der Waals surface area (Å²) in [6, 6.07) is 7.29. The van der Waals surface area contributed by atoms with Crippen molar-refractivity contribution in [2.24, 2.45) is 0 Å². The van der Waals surface area contributed by atoms with E-state index in [0.717, 1.165) is 5.56 Å². The lowest BCUT2D eigenvalue weighted by Gasteiger charge is -1.98. The van der Waals surface area contributed by atoms with Gasteiger partial charge in [0.05, 0.1) is 7.11 Å². The maximum Gasteiger partial charge on any atom is 0.314 e. The zero-order valence-electron chi connectivity index (χ0n) is 7.83. The molecule has 0 radical (unpaired) electrons. The predicted molar refractivity (Wildman–Crippen MR) is 61.2 cm³/mol. The lowest BCUT2D eigenvalue weighted by Crippen LogP contribution is -1.84. The molecule has 0 aliphatic rings. The van der Waals surface area contributed by atoms with E-state index < -0.39 is 0 Å². The lowest BCUT2D eigenvalue weighted by molar-refractivity contribution is 0.299. The van der Waals surface area contributed by atoms with Crippen LogP contribution in [0.4, 0.5) is 0 Å². The van der Waals surface area contributed by atoms with E-state index in [1.165, 1.54) is 7.11 Å². The fraction of sp³-hybridized carbons (Fsp3) is 0.100. The highest BCUT2D eigenvalue weighted by Gasteiger charge is 2.13. The molecular weight excluding hydrogens is 281 g/mol. The fourth-order valence-electron chi connectivity index (χ4n) is 1.21. The van der Waals surface area contributed by atoms with Crippen LogP contribution in [-0.2, 0) is 0 Å². The third-order valence-corrected chi connectivity index (χ3v) is 2.46. The Kier molecular flexibility index (Phi) is 2.98. The number of halogens is 2. The Morgan fingerprint density at radius 1 is 1.33 bits per heavy atom. The zero-order chi connectivity index (χ0) is 10.8. The maximum absolute atomic E-state index is 5.79. The largest absolute Gasteiger partial charge is 0.467 e. The molecule has 0 bridgehead atoms. The van der Waals surface area contributed by atoms with Crippen molar-refractivity contribution in [2.45, 2.75) is 0 Å². The van der Waals surface area contributed by atoms with Crippen LogP contribution in [0.3, 0.4) is 0 Å². The van der Waals surface area contributed by atoms with Crippen molar-refractivity contribution in [3.8, 4) is 17.2 Å². The Bertz CT molecular complexity index is 467. The first-order valence-electron chi connectivity index (χ1n) is 4.17. The van der Waals surface area contributed by atoms with Crippen LogP contribution in [0.2, 0.25) is 5.02 Å². The molecule has 2 rings (SSSR count). The second kappa shape index (κ2) is 4.24. The third-order valence-electron chi connectivity index (χ3n) is 1.87. The summed E-state index contributed by atoms with van der Waals surface area (Å²) in [4.78, 5) is 4.56. The third kappa shape index (κ3) is 2.16. The van der Waals surface area contributed by atoms with E-state index in [9.17, 15) is 0 Å². The number of oxazole rings is 1. The molecule has 0 aliphatic heterocycles. The Hall–Kier alpha value is -1.00. The van der Waals surface area contributed by atoms with Gasteiger partial charge < -0.3 is 9.15 Å². The van der Waals surface area contributed by atoms with Crippen LogP contribution in [0.15, 0.2) is 33.5 Å². The molecule has 78 valence electrons. The van der Waals surface area contributed by atoms with E-state index in [1.54, 1.807) is 12.1 Å². The Balaban J connectivity index is 2.48. The van der Waals surface area contributed by atoms with Crippen LogP contribution in [0.25, 0.3) is 11.3 Å². The summed E-state index contributed by atoms with van der Waals surface area (Å²) >= 11 is 8.95. The van der Waals surface area contributed by atoms with Gasteiger partial charge in [0.15, 0.2) is 5.69 Å². The summed E-state index contributed by atoms with van der Waals surface area (Å²) in [5.41, 5.74) is 1.55. The molecule has 0 unspecified atom stereocenters. The Labute approximate surface area is 100 Å². The summed E-state index contributed by atoms with van der Waals surface area (Å²) in [6.45, 7) is 0. The molecule has 3 nitrogen and oxygen atoms in total. The van der Waals surface area contributed by atoms with E-state index in [1.807, 2.05) is 12.1 Å². The first-order chi connectivity index (χ1) is 7.20. The van der Waals surface area contributed by atoms with Crippen LogP contribution in [0, 0.1) is 0 Å². The van der Waals surface area contributed by atoms with Crippen LogP contribution in [-0.4, -0.2) is 12.1 Å². The molecular formula is C10H7BrClNO2. The summed E-state index contributed by atoms with van der Waals surface area (Å²) < 4.78 is 10.3. The van der Waals surface area contributed by atoms with Crippen molar-refractivity contribution in [1.82, 2.24) is 4.98 Å². The minimum absolute atomic E-state index is 0.379. The molecule has 0 aliphatic carbocycles. The number of hydrogen-bond donors (Lipinski definition) is 0. The van der Waals surface area contributed by atoms with Crippen molar-refractivity contribution in [3.05, 3.63) is 34.1 Å². The van der Waals surface area contributed by atoms with Crippen molar-refractivity contribution in [2.75, 3.05) is 7.11 Å². The number of aromatic nitrogens is 1. The minimum Gasteiger partial charge on any atom is -0.467 e. The molecule has 1 aromatic heterocycles. The standard InChI is InChI=1S/C10H7BrClNO2/c1-14-9-8(13-10(11)15-9)6-2-4-7(12)5-3-6/h2-5H,1H3. The molecule has 1 aromatic carbocycles. The second-order valence-corrected chi connectivity index (χ2v) is 3.93. The van der Waals surface area contributed by atoms with Gasteiger partial charge >= 0.3 is 5.95 Å². The molecule has 15 heavy (non-hydrogen) atoms. The van der Waals surface area contributed by atoms with Gasteiger partial charge in [0.2, 0.25) is 0 Å². The normalized spacial score (nSPS) is 10.3. The van der Waals surface area contributed by atoms with Crippen LogP contribution < -0.4 is 4.74 Å². The molecule has 1 heterocycles. The van der Waals surface area contributed by atoms with Crippen LogP contribution in [0.5, 0.6) is 5.95 Å². The Morgan fingerprint density at radius 3 is 2.60 bits per heavy atom. The molecule has 0 N–H and O–H groups in total. The average Bonchev–Trinajstić information content (AvgIpc) is 2.61. The smallest absolute Gasteiger partial charge is 0.314 e. The SMILES string of the molecule is COc1oc(Br)nc1-c1ccc(Cl)cc1. The van der Waals surface area contributed by atoms with Gasteiger partial charge in [-0.1, -0.05) is 23.7 Å². The maximum atomic E-state index is 5.79. The number of nitrogens with zero attached hydrogens (tertiary/aromatic N) is 1. The molecule has 0 fully saturated rings. The van der Waals surface area contributed by atoms with E-state index >= 15 is 0 Å². The monoisotopic (exact) mass is 287 g/mol. The molecule has 5 heteroatoms. The van der Waals surface area contributed by atoms with Crippen molar-refractivity contribution < 1.29 is 9.15 Å². The minimum atomic E-state index is 0.379. The first kappa shape index (κ1) is 10.5. The van der Waals surface area contributed by atoms with Gasteiger partial charge in [0.25, 0.3) is 4.80 Å². The molecule has 0 saturated heterocycles. The van der Waals surface area contributed by atoms with E-state index in [-0.39, 0.29) is 0 Å². The van der Waals surface area contributed by atoms with Crippen molar-refractivity contribution in [1.29, 1.82) is 0 Å². The van der Waals surface area contributed by atoms with Gasteiger partial charge in [-0.05, 0) is 12.1 Å². The molecule has 0 saturated carbocycles. The Morgan fingerprint density at radius 2 is 2.00 bits per heavy atom. The summed E-state index contributed by atoms with van der Waals surface area (Å²) in [5.74, 6) is 0.379.